The maximum absolute atomic E-state index is 12.7. The van der Waals surface area contributed by atoms with Crippen LogP contribution in [0.4, 0.5) is 5.69 Å². The van der Waals surface area contributed by atoms with Crippen molar-refractivity contribution in [3.63, 3.8) is 0 Å². The molecule has 4 aliphatic rings. The van der Waals surface area contributed by atoms with Gasteiger partial charge >= 0.3 is 0 Å². The van der Waals surface area contributed by atoms with Crippen LogP contribution >= 0.6 is 15.9 Å². The molecule has 3 N–H and O–H groups in total. The number of carbonyl (C=O) groups is 1. The lowest BCUT2D eigenvalue weighted by Gasteiger charge is -2.40. The molecule has 8 nitrogen and oxygen atoms in total. The van der Waals surface area contributed by atoms with Gasteiger partial charge in [-0.3, -0.25) is 20.0 Å². The topological polar surface area (TPSA) is 78.1 Å². The quantitative estimate of drug-likeness (QED) is 0.638. The molecule has 0 aromatic heterocycles. The van der Waals surface area contributed by atoms with Gasteiger partial charge in [0, 0.05) is 23.8 Å². The van der Waals surface area contributed by atoms with Crippen molar-refractivity contribution in [3.05, 3.63) is 34.4 Å². The Balaban J connectivity index is 1.34. The standard InChI is InChI=1S/C19H24BrN5O3/c20-12-4-5-15(16(10-12)28-13-2-1-3-13)25-11-14-17(23-25)21-19(22-18(14)26)24-6-8-27-9-7-24/h4-5,10-11,13,17,19,21,23H,1-3,6-9H2,(H,22,26). The maximum Gasteiger partial charge on any atom is 0.254 e. The third-order valence-electron chi connectivity index (χ3n) is 5.64. The second-order valence-corrected chi connectivity index (χ2v) is 8.41. The van der Waals surface area contributed by atoms with Crippen molar-refractivity contribution in [1.29, 1.82) is 0 Å². The summed E-state index contributed by atoms with van der Waals surface area (Å²) in [6, 6.07) is 5.96. The molecular formula is C19H24BrN5O3. The van der Waals surface area contributed by atoms with Gasteiger partial charge in [-0.15, -0.1) is 0 Å². The first-order chi connectivity index (χ1) is 13.7. The number of fused-ring (bicyclic) bond motifs is 1. The Morgan fingerprint density at radius 2 is 2.04 bits per heavy atom. The third kappa shape index (κ3) is 3.53. The van der Waals surface area contributed by atoms with E-state index in [2.05, 4.69) is 36.9 Å². The Hall–Kier alpha value is -1.65. The van der Waals surface area contributed by atoms with Crippen molar-refractivity contribution < 1.29 is 14.3 Å². The van der Waals surface area contributed by atoms with E-state index in [9.17, 15) is 4.79 Å². The lowest BCUT2D eigenvalue weighted by molar-refractivity contribution is -0.123. The molecule has 1 saturated carbocycles. The monoisotopic (exact) mass is 449 g/mol. The van der Waals surface area contributed by atoms with E-state index in [0.717, 1.165) is 41.8 Å². The van der Waals surface area contributed by atoms with Crippen molar-refractivity contribution >= 4 is 27.5 Å². The SMILES string of the molecule is O=C1NC(N2CCOCC2)NC2NN(c3ccc(Br)cc3OC3CCC3)C=C12. The van der Waals surface area contributed by atoms with Gasteiger partial charge in [0.1, 0.15) is 18.2 Å². The van der Waals surface area contributed by atoms with Crippen LogP contribution in [0.15, 0.2) is 34.4 Å². The van der Waals surface area contributed by atoms with E-state index >= 15 is 0 Å². The van der Waals surface area contributed by atoms with Gasteiger partial charge in [0.05, 0.1) is 30.6 Å². The van der Waals surface area contributed by atoms with E-state index in [1.54, 1.807) is 0 Å². The molecule has 3 heterocycles. The highest BCUT2D eigenvalue weighted by Gasteiger charge is 2.39. The summed E-state index contributed by atoms with van der Waals surface area (Å²) in [6.07, 6.45) is 5.07. The Morgan fingerprint density at radius 1 is 1.21 bits per heavy atom. The minimum atomic E-state index is -0.248. The van der Waals surface area contributed by atoms with Crippen LogP contribution in [0.2, 0.25) is 0 Å². The predicted molar refractivity (Wildman–Crippen MR) is 107 cm³/mol. The molecule has 3 fully saturated rings. The van der Waals surface area contributed by atoms with Crippen molar-refractivity contribution in [2.45, 2.75) is 37.8 Å². The average molecular weight is 450 g/mol. The molecule has 1 amide bonds. The maximum atomic E-state index is 12.7. The van der Waals surface area contributed by atoms with Crippen LogP contribution in [-0.4, -0.2) is 55.7 Å². The number of anilines is 1. The van der Waals surface area contributed by atoms with Crippen molar-refractivity contribution in [3.8, 4) is 5.75 Å². The number of hydrogen-bond donors (Lipinski definition) is 3. The highest BCUT2D eigenvalue weighted by Crippen LogP contribution is 2.36. The molecule has 1 aliphatic carbocycles. The summed E-state index contributed by atoms with van der Waals surface area (Å²) < 4.78 is 12.6. The largest absolute Gasteiger partial charge is 0.488 e. The molecule has 3 aliphatic heterocycles. The van der Waals surface area contributed by atoms with E-state index in [1.165, 1.54) is 6.42 Å². The van der Waals surface area contributed by atoms with Crippen LogP contribution < -0.4 is 25.8 Å². The summed E-state index contributed by atoms with van der Waals surface area (Å²) in [5, 5.41) is 8.41. The number of hydrogen-bond acceptors (Lipinski definition) is 7. The number of morpholine rings is 1. The number of rotatable bonds is 4. The minimum Gasteiger partial charge on any atom is -0.488 e. The zero-order valence-electron chi connectivity index (χ0n) is 15.5. The number of carbonyl (C=O) groups excluding carboxylic acids is 1. The van der Waals surface area contributed by atoms with Gasteiger partial charge in [-0.25, -0.2) is 5.43 Å². The molecular weight excluding hydrogens is 426 g/mol. The average Bonchev–Trinajstić information content (AvgIpc) is 3.10. The number of hydrazine groups is 1. The third-order valence-corrected chi connectivity index (χ3v) is 6.13. The summed E-state index contributed by atoms with van der Waals surface area (Å²) >= 11 is 3.53. The molecule has 1 aromatic carbocycles. The van der Waals surface area contributed by atoms with E-state index in [0.29, 0.717) is 18.8 Å². The van der Waals surface area contributed by atoms with Crippen molar-refractivity contribution in [2.24, 2.45) is 0 Å². The van der Waals surface area contributed by atoms with E-state index in [1.807, 2.05) is 29.4 Å². The number of benzene rings is 1. The Kier molecular flexibility index (Phi) is 5.02. The molecule has 28 heavy (non-hydrogen) atoms. The molecule has 2 unspecified atom stereocenters. The van der Waals surface area contributed by atoms with Gasteiger partial charge in [-0.2, -0.15) is 0 Å². The van der Waals surface area contributed by atoms with Crippen LogP contribution in [-0.2, 0) is 9.53 Å². The fraction of sp³-hybridized carbons (Fsp3) is 0.526. The van der Waals surface area contributed by atoms with Gasteiger partial charge in [0.25, 0.3) is 5.91 Å². The van der Waals surface area contributed by atoms with Gasteiger partial charge in [0.2, 0.25) is 0 Å². The highest BCUT2D eigenvalue weighted by molar-refractivity contribution is 9.10. The molecule has 2 atom stereocenters. The molecule has 1 aromatic rings. The summed E-state index contributed by atoms with van der Waals surface area (Å²) in [4.78, 5) is 14.9. The van der Waals surface area contributed by atoms with E-state index in [4.69, 9.17) is 9.47 Å². The van der Waals surface area contributed by atoms with Crippen LogP contribution in [0.3, 0.4) is 0 Å². The second kappa shape index (κ2) is 7.64. The van der Waals surface area contributed by atoms with Crippen LogP contribution in [0.25, 0.3) is 0 Å². The van der Waals surface area contributed by atoms with Crippen molar-refractivity contribution in [2.75, 3.05) is 31.3 Å². The molecule has 0 radical (unpaired) electrons. The fourth-order valence-corrected chi connectivity index (χ4v) is 4.14. The van der Waals surface area contributed by atoms with Crippen LogP contribution in [0.5, 0.6) is 5.75 Å². The molecule has 2 saturated heterocycles. The zero-order valence-corrected chi connectivity index (χ0v) is 17.1. The second-order valence-electron chi connectivity index (χ2n) is 7.49. The first-order valence-corrected chi connectivity index (χ1v) is 10.6. The molecule has 150 valence electrons. The van der Waals surface area contributed by atoms with E-state index < -0.39 is 0 Å². The normalized spacial score (nSPS) is 28.4. The van der Waals surface area contributed by atoms with Crippen LogP contribution in [0, 0.1) is 0 Å². The van der Waals surface area contributed by atoms with Gasteiger partial charge < -0.3 is 14.8 Å². The number of ether oxygens (including phenoxy) is 2. The smallest absolute Gasteiger partial charge is 0.254 e. The molecule has 0 spiro atoms. The Labute approximate surface area is 172 Å². The minimum absolute atomic E-state index is 0.0613. The number of nitrogens with zero attached hydrogens (tertiary/aromatic N) is 2. The molecule has 9 heteroatoms. The number of halogens is 1. The zero-order chi connectivity index (χ0) is 19.1. The predicted octanol–water partition coefficient (Wildman–Crippen LogP) is 1.25. The molecule has 0 bridgehead atoms. The summed E-state index contributed by atoms with van der Waals surface area (Å²) in [6.45, 7) is 2.95. The Morgan fingerprint density at radius 3 is 2.79 bits per heavy atom. The van der Waals surface area contributed by atoms with E-state index in [-0.39, 0.29) is 24.5 Å². The van der Waals surface area contributed by atoms with Crippen molar-refractivity contribution in [1.82, 2.24) is 21.0 Å². The highest BCUT2D eigenvalue weighted by atomic mass is 79.9. The summed E-state index contributed by atoms with van der Waals surface area (Å²) in [5.74, 6) is 0.751. The summed E-state index contributed by atoms with van der Waals surface area (Å²) in [7, 11) is 0. The lowest BCUT2D eigenvalue weighted by Crippen LogP contribution is -2.68. The number of amides is 1. The first-order valence-electron chi connectivity index (χ1n) is 9.79. The fourth-order valence-electron chi connectivity index (χ4n) is 3.80. The van der Waals surface area contributed by atoms with Gasteiger partial charge in [-0.05, 0) is 37.5 Å². The van der Waals surface area contributed by atoms with Gasteiger partial charge in [0.15, 0.2) is 0 Å². The van der Waals surface area contributed by atoms with Crippen LogP contribution in [0.1, 0.15) is 19.3 Å². The van der Waals surface area contributed by atoms with Gasteiger partial charge in [-0.1, -0.05) is 15.9 Å². The number of nitrogens with one attached hydrogen (secondary N) is 3. The molecule has 5 rings (SSSR count). The lowest BCUT2D eigenvalue weighted by atomic mass is 9.96. The Bertz CT molecular complexity index is 794. The first kappa shape index (κ1) is 18.4. The summed E-state index contributed by atoms with van der Waals surface area (Å²) in [5.41, 5.74) is 4.96.